The highest BCUT2D eigenvalue weighted by atomic mass is 32.2. The number of rotatable bonds is 2. The van der Waals surface area contributed by atoms with E-state index >= 15 is 0 Å². The Kier molecular flexibility index (Phi) is 3.52. The topological polar surface area (TPSA) is 57.7 Å². The highest BCUT2D eigenvalue weighted by Gasteiger charge is 2.43. The number of H-pyrrole nitrogens is 1. The molecule has 0 saturated heterocycles. The van der Waals surface area contributed by atoms with Crippen molar-refractivity contribution >= 4 is 28.6 Å². The number of methoxy groups -OCH3 is 1. The first-order valence-corrected chi connectivity index (χ1v) is 9.01. The van der Waals surface area contributed by atoms with Crippen molar-refractivity contribution in [2.24, 2.45) is 4.99 Å². The van der Waals surface area contributed by atoms with Crippen molar-refractivity contribution in [1.29, 1.82) is 0 Å². The van der Waals surface area contributed by atoms with E-state index in [2.05, 4.69) is 15.3 Å². The molecule has 0 aromatic carbocycles. The lowest BCUT2D eigenvalue weighted by molar-refractivity contribution is 0.0599. The van der Waals surface area contributed by atoms with Crippen molar-refractivity contribution in [2.45, 2.75) is 51.6 Å². The van der Waals surface area contributed by atoms with E-state index in [1.165, 1.54) is 32.8 Å². The normalized spacial score (nSPS) is 25.8. The number of nitrogens with one attached hydrogen (secondary N) is 1. The molecule has 0 radical (unpaired) electrons. The van der Waals surface area contributed by atoms with Gasteiger partial charge in [0.25, 0.3) is 0 Å². The number of carbonyl (C=O) groups excluding carboxylic acids is 1. The quantitative estimate of drug-likeness (QED) is 0.843. The molecule has 5 nitrogen and oxygen atoms in total. The molecule has 122 valence electrons. The van der Waals surface area contributed by atoms with E-state index in [0.717, 1.165) is 27.8 Å². The summed E-state index contributed by atoms with van der Waals surface area (Å²) < 4.78 is 4.93. The number of ether oxygens (including phenoxy) is 1. The number of fused-ring (bicyclic) bond motifs is 3. The summed E-state index contributed by atoms with van der Waals surface area (Å²) in [4.78, 5) is 22.7. The zero-order chi connectivity index (χ0) is 16.1. The maximum absolute atomic E-state index is 12.0. The largest absolute Gasteiger partial charge is 0.465 e. The van der Waals surface area contributed by atoms with Crippen LogP contribution < -0.4 is 0 Å². The number of amidine groups is 1. The molecule has 0 unspecified atom stereocenters. The Balaban J connectivity index is 1.72. The first-order chi connectivity index (χ1) is 11.1. The fraction of sp³-hybridized carbons (Fsp3) is 0.529. The first kappa shape index (κ1) is 14.9. The molecule has 0 bridgehead atoms. The molecule has 1 aliphatic carbocycles. The third-order valence-electron chi connectivity index (χ3n) is 5.13. The number of thioether (sulfide) groups is 1. The van der Waals surface area contributed by atoms with Gasteiger partial charge in [0.1, 0.15) is 0 Å². The van der Waals surface area contributed by atoms with Crippen LogP contribution in [0.5, 0.6) is 0 Å². The van der Waals surface area contributed by atoms with Crippen LogP contribution >= 0.6 is 11.8 Å². The second-order valence-corrected chi connectivity index (χ2v) is 7.27. The van der Waals surface area contributed by atoms with Crippen LogP contribution in [0.1, 0.15) is 53.0 Å². The van der Waals surface area contributed by atoms with Crippen LogP contribution in [-0.4, -0.2) is 40.2 Å². The lowest BCUT2D eigenvalue weighted by Gasteiger charge is -2.31. The zero-order valence-electron chi connectivity index (χ0n) is 13.7. The first-order valence-electron chi connectivity index (χ1n) is 8.13. The molecule has 1 aromatic heterocycles. The molecule has 2 aliphatic heterocycles. The average molecular weight is 331 g/mol. The standard InChI is InChI=1S/C17H21N3O2S/c1-9-14(16(21)22-3)10(2)18-15(9)13-8-23-17-19-11-6-4-5-7-12(11)20(13)17/h8,11-12,18H,4-7H2,1-3H3/t11-,12-/m1/s1. The number of nitrogens with zero attached hydrogens (tertiary/aromatic N) is 2. The van der Waals surface area contributed by atoms with Crippen molar-refractivity contribution in [2.75, 3.05) is 7.11 Å². The summed E-state index contributed by atoms with van der Waals surface area (Å²) in [6.07, 6.45) is 4.93. The summed E-state index contributed by atoms with van der Waals surface area (Å²) in [5.41, 5.74) is 4.64. The van der Waals surface area contributed by atoms with Crippen LogP contribution in [0, 0.1) is 13.8 Å². The van der Waals surface area contributed by atoms with E-state index in [9.17, 15) is 4.79 Å². The molecule has 0 amide bonds. The van der Waals surface area contributed by atoms with Crippen molar-refractivity contribution in [3.05, 3.63) is 27.9 Å². The number of aromatic nitrogens is 1. The number of carbonyl (C=O) groups is 1. The van der Waals surface area contributed by atoms with Gasteiger partial charge in [-0.1, -0.05) is 24.6 Å². The van der Waals surface area contributed by atoms with Gasteiger partial charge in [-0.2, -0.15) is 0 Å². The number of aryl methyl sites for hydroxylation is 1. The summed E-state index contributed by atoms with van der Waals surface area (Å²) in [5.74, 6) is -0.278. The molecule has 1 N–H and O–H groups in total. The summed E-state index contributed by atoms with van der Waals surface area (Å²) in [5, 5.41) is 3.27. The summed E-state index contributed by atoms with van der Waals surface area (Å²) >= 11 is 1.70. The van der Waals surface area contributed by atoms with Crippen molar-refractivity contribution < 1.29 is 9.53 Å². The number of aromatic amines is 1. The molecule has 1 fully saturated rings. The van der Waals surface area contributed by atoms with E-state index in [0.29, 0.717) is 17.6 Å². The van der Waals surface area contributed by atoms with Gasteiger partial charge < -0.3 is 14.6 Å². The van der Waals surface area contributed by atoms with Crippen LogP contribution in [0.3, 0.4) is 0 Å². The Labute approximate surface area is 140 Å². The van der Waals surface area contributed by atoms with Gasteiger partial charge in [0, 0.05) is 11.1 Å². The van der Waals surface area contributed by atoms with E-state index in [1.54, 1.807) is 11.8 Å². The van der Waals surface area contributed by atoms with Crippen LogP contribution in [0.2, 0.25) is 0 Å². The lowest BCUT2D eigenvalue weighted by atomic mass is 9.90. The highest BCUT2D eigenvalue weighted by Crippen LogP contribution is 2.44. The SMILES string of the molecule is COC(=O)c1c(C)[nH]c(C2=CSC3=N[C@@H]4CCCC[C@H]4N23)c1C. The number of hydrogen-bond acceptors (Lipinski definition) is 5. The van der Waals surface area contributed by atoms with Gasteiger partial charge in [-0.25, -0.2) is 4.79 Å². The molecule has 0 spiro atoms. The lowest BCUT2D eigenvalue weighted by Crippen LogP contribution is -2.38. The summed E-state index contributed by atoms with van der Waals surface area (Å²) in [7, 11) is 1.43. The van der Waals surface area contributed by atoms with E-state index in [4.69, 9.17) is 9.73 Å². The van der Waals surface area contributed by atoms with Gasteiger partial charge >= 0.3 is 5.97 Å². The minimum atomic E-state index is -0.278. The molecule has 3 heterocycles. The highest BCUT2D eigenvalue weighted by molar-refractivity contribution is 8.16. The maximum Gasteiger partial charge on any atom is 0.339 e. The minimum absolute atomic E-state index is 0.278. The van der Waals surface area contributed by atoms with Crippen molar-refractivity contribution in [3.8, 4) is 0 Å². The third kappa shape index (κ3) is 2.15. The van der Waals surface area contributed by atoms with Crippen LogP contribution in [0.4, 0.5) is 0 Å². The van der Waals surface area contributed by atoms with Gasteiger partial charge in [0.05, 0.1) is 36.1 Å². The van der Waals surface area contributed by atoms with Crippen LogP contribution in [0.25, 0.3) is 5.70 Å². The molecule has 4 rings (SSSR count). The van der Waals surface area contributed by atoms with Crippen molar-refractivity contribution in [3.63, 3.8) is 0 Å². The van der Waals surface area contributed by atoms with Gasteiger partial charge in [0.15, 0.2) is 5.17 Å². The van der Waals surface area contributed by atoms with Gasteiger partial charge in [-0.05, 0) is 32.3 Å². The van der Waals surface area contributed by atoms with E-state index < -0.39 is 0 Å². The summed E-state index contributed by atoms with van der Waals surface area (Å²) in [6.45, 7) is 3.91. The van der Waals surface area contributed by atoms with Gasteiger partial charge in [-0.15, -0.1) is 0 Å². The molecule has 3 aliphatic rings. The van der Waals surface area contributed by atoms with Gasteiger partial charge in [-0.3, -0.25) is 4.99 Å². The number of aliphatic imine (C=N–C) groups is 1. The zero-order valence-corrected chi connectivity index (χ0v) is 14.5. The fourth-order valence-corrected chi connectivity index (χ4v) is 5.01. The Hall–Kier alpha value is -1.69. The van der Waals surface area contributed by atoms with E-state index in [1.807, 2.05) is 13.8 Å². The molecular weight excluding hydrogens is 310 g/mol. The van der Waals surface area contributed by atoms with Crippen LogP contribution in [0.15, 0.2) is 10.4 Å². The molecular formula is C17H21N3O2S. The molecule has 1 aromatic rings. The predicted molar refractivity (Wildman–Crippen MR) is 92.5 cm³/mol. The van der Waals surface area contributed by atoms with Gasteiger partial charge in [0.2, 0.25) is 0 Å². The van der Waals surface area contributed by atoms with Crippen molar-refractivity contribution in [1.82, 2.24) is 9.88 Å². The Morgan fingerprint density at radius 2 is 2.17 bits per heavy atom. The molecule has 6 heteroatoms. The third-order valence-corrected chi connectivity index (χ3v) is 5.98. The smallest absolute Gasteiger partial charge is 0.339 e. The Bertz CT molecular complexity index is 734. The second kappa shape index (κ2) is 5.44. The van der Waals surface area contributed by atoms with E-state index in [-0.39, 0.29) is 5.97 Å². The minimum Gasteiger partial charge on any atom is -0.465 e. The monoisotopic (exact) mass is 331 g/mol. The summed E-state index contributed by atoms with van der Waals surface area (Å²) in [6, 6.07) is 0.913. The van der Waals surface area contributed by atoms with Crippen LogP contribution in [-0.2, 0) is 4.74 Å². The predicted octanol–water partition coefficient (Wildman–Crippen LogP) is 3.45. The number of esters is 1. The second-order valence-electron chi connectivity index (χ2n) is 6.44. The average Bonchev–Trinajstić information content (AvgIpc) is 3.18. The Morgan fingerprint density at radius 1 is 1.39 bits per heavy atom. The molecule has 2 atom stereocenters. The Morgan fingerprint density at radius 3 is 2.96 bits per heavy atom. The molecule has 1 saturated carbocycles. The number of hydrogen-bond donors (Lipinski definition) is 1. The maximum atomic E-state index is 12.0. The molecule has 23 heavy (non-hydrogen) atoms. The fourth-order valence-electron chi connectivity index (χ4n) is 4.02.